The highest BCUT2D eigenvalue weighted by Gasteiger charge is 2.60. The van der Waals surface area contributed by atoms with Gasteiger partial charge in [0.15, 0.2) is 5.78 Å². The Morgan fingerprint density at radius 3 is 2.70 bits per heavy atom. The van der Waals surface area contributed by atoms with E-state index in [-0.39, 0.29) is 5.41 Å². The van der Waals surface area contributed by atoms with Crippen molar-refractivity contribution in [2.75, 3.05) is 0 Å². The maximum absolute atomic E-state index is 11.8. The lowest BCUT2D eigenvalue weighted by atomic mass is 9.49. The van der Waals surface area contributed by atoms with Crippen LogP contribution in [0.2, 0.25) is 0 Å². The minimum absolute atomic E-state index is 0.0641. The van der Waals surface area contributed by atoms with Crippen LogP contribution in [0.3, 0.4) is 0 Å². The third-order valence-electron chi connectivity index (χ3n) is 7.99. The zero-order valence-electron chi connectivity index (χ0n) is 14.6. The fraction of sp³-hybridized carbons (Fsp3) is 0.762. The summed E-state index contributed by atoms with van der Waals surface area (Å²) >= 11 is 0. The van der Waals surface area contributed by atoms with Crippen molar-refractivity contribution in [1.29, 1.82) is 0 Å². The SMILES string of the molecule is CC[C@]12CC[C@H]3[C@@H](CCC4=CC(=O)CC[C@@H]43)[C@@H]1C=C[C@@]2(O)CC. The predicted octanol–water partition coefficient (Wildman–Crippen LogP) is 4.44. The van der Waals surface area contributed by atoms with Crippen LogP contribution in [-0.2, 0) is 4.79 Å². The Morgan fingerprint density at radius 2 is 1.96 bits per heavy atom. The van der Waals surface area contributed by atoms with Crippen LogP contribution in [0.1, 0.15) is 65.2 Å². The van der Waals surface area contributed by atoms with Crippen molar-refractivity contribution >= 4 is 5.78 Å². The molecule has 6 atom stereocenters. The van der Waals surface area contributed by atoms with Gasteiger partial charge in [-0.2, -0.15) is 0 Å². The largest absolute Gasteiger partial charge is 0.385 e. The number of hydrogen-bond donors (Lipinski definition) is 1. The first-order valence-corrected chi connectivity index (χ1v) is 9.69. The van der Waals surface area contributed by atoms with E-state index in [0.29, 0.717) is 23.5 Å². The minimum Gasteiger partial charge on any atom is -0.385 e. The van der Waals surface area contributed by atoms with Crippen molar-refractivity contribution in [2.24, 2.45) is 29.1 Å². The van der Waals surface area contributed by atoms with Crippen LogP contribution >= 0.6 is 0 Å². The van der Waals surface area contributed by atoms with E-state index in [1.54, 1.807) is 0 Å². The van der Waals surface area contributed by atoms with Gasteiger partial charge in [0, 0.05) is 11.8 Å². The average Bonchev–Trinajstić information content (AvgIpc) is 2.88. The summed E-state index contributed by atoms with van der Waals surface area (Å²) in [5.74, 6) is 2.96. The van der Waals surface area contributed by atoms with Crippen LogP contribution < -0.4 is 0 Å². The monoisotopic (exact) mass is 314 g/mol. The van der Waals surface area contributed by atoms with Gasteiger partial charge in [0.2, 0.25) is 0 Å². The molecule has 2 heteroatoms. The normalized spacial score (nSPS) is 48.5. The quantitative estimate of drug-likeness (QED) is 0.765. The van der Waals surface area contributed by atoms with Crippen molar-refractivity contribution in [3.05, 3.63) is 23.8 Å². The molecule has 0 aromatic carbocycles. The third-order valence-corrected chi connectivity index (χ3v) is 7.99. The molecule has 0 radical (unpaired) electrons. The van der Waals surface area contributed by atoms with E-state index < -0.39 is 5.60 Å². The van der Waals surface area contributed by atoms with Gasteiger partial charge in [-0.1, -0.05) is 31.6 Å². The van der Waals surface area contributed by atoms with Gasteiger partial charge in [-0.25, -0.2) is 0 Å². The number of carbonyl (C=O) groups excluding carboxylic acids is 1. The fourth-order valence-corrected chi connectivity index (χ4v) is 6.77. The maximum Gasteiger partial charge on any atom is 0.155 e. The lowest BCUT2D eigenvalue weighted by molar-refractivity contribution is -0.121. The number of aliphatic hydroxyl groups is 1. The Kier molecular flexibility index (Phi) is 3.61. The van der Waals surface area contributed by atoms with Gasteiger partial charge >= 0.3 is 0 Å². The first-order valence-electron chi connectivity index (χ1n) is 9.69. The highest BCUT2D eigenvalue weighted by molar-refractivity contribution is 5.91. The van der Waals surface area contributed by atoms with E-state index >= 15 is 0 Å². The molecule has 2 saturated carbocycles. The van der Waals surface area contributed by atoms with Crippen molar-refractivity contribution in [3.63, 3.8) is 0 Å². The van der Waals surface area contributed by atoms with Gasteiger partial charge < -0.3 is 5.11 Å². The smallest absolute Gasteiger partial charge is 0.155 e. The molecule has 4 rings (SSSR count). The zero-order valence-corrected chi connectivity index (χ0v) is 14.6. The molecule has 2 nitrogen and oxygen atoms in total. The molecule has 0 heterocycles. The molecule has 0 amide bonds. The van der Waals surface area contributed by atoms with Gasteiger partial charge in [-0.3, -0.25) is 4.79 Å². The van der Waals surface area contributed by atoms with E-state index in [1.807, 2.05) is 6.08 Å². The van der Waals surface area contributed by atoms with Crippen molar-refractivity contribution < 1.29 is 9.90 Å². The highest BCUT2D eigenvalue weighted by atomic mass is 16.3. The molecule has 0 saturated heterocycles. The van der Waals surface area contributed by atoms with Crippen LogP contribution in [0.25, 0.3) is 0 Å². The molecule has 0 bridgehead atoms. The molecule has 4 aliphatic carbocycles. The van der Waals surface area contributed by atoms with Gasteiger partial charge in [-0.15, -0.1) is 0 Å². The predicted molar refractivity (Wildman–Crippen MR) is 91.9 cm³/mol. The molecule has 2 fully saturated rings. The second-order valence-electron chi connectivity index (χ2n) is 8.41. The van der Waals surface area contributed by atoms with E-state index in [1.165, 1.54) is 18.4 Å². The Labute approximate surface area is 140 Å². The molecule has 1 N–H and O–H groups in total. The van der Waals surface area contributed by atoms with Crippen molar-refractivity contribution in [1.82, 2.24) is 0 Å². The fourth-order valence-electron chi connectivity index (χ4n) is 6.77. The van der Waals surface area contributed by atoms with Crippen molar-refractivity contribution in [2.45, 2.75) is 70.8 Å². The molecule has 0 unspecified atom stereocenters. The summed E-state index contributed by atoms with van der Waals surface area (Å²) in [4.78, 5) is 11.8. The Balaban J connectivity index is 1.67. The number of hydrogen-bond acceptors (Lipinski definition) is 2. The molecule has 0 spiro atoms. The molecule has 4 aliphatic rings. The van der Waals surface area contributed by atoms with Crippen LogP contribution in [0.4, 0.5) is 0 Å². The van der Waals surface area contributed by atoms with Gasteiger partial charge in [0.1, 0.15) is 0 Å². The minimum atomic E-state index is -0.601. The zero-order chi connectivity index (χ0) is 16.2. The molecular formula is C21H30O2. The number of rotatable bonds is 2. The molecular weight excluding hydrogens is 284 g/mol. The first kappa shape index (κ1) is 15.6. The van der Waals surface area contributed by atoms with Gasteiger partial charge in [0.25, 0.3) is 0 Å². The molecule has 0 aromatic heterocycles. The lowest BCUT2D eigenvalue weighted by Crippen LogP contribution is -2.54. The van der Waals surface area contributed by atoms with Crippen LogP contribution in [0, 0.1) is 29.1 Å². The number of allylic oxidation sites excluding steroid dienone is 3. The van der Waals surface area contributed by atoms with Crippen LogP contribution in [-0.4, -0.2) is 16.5 Å². The highest BCUT2D eigenvalue weighted by Crippen LogP contribution is 2.64. The second-order valence-corrected chi connectivity index (χ2v) is 8.41. The van der Waals surface area contributed by atoms with E-state index in [4.69, 9.17) is 0 Å². The van der Waals surface area contributed by atoms with E-state index in [9.17, 15) is 9.90 Å². The van der Waals surface area contributed by atoms with Crippen LogP contribution in [0.15, 0.2) is 23.8 Å². The third kappa shape index (κ3) is 2.00. The lowest BCUT2D eigenvalue weighted by Gasteiger charge is -2.57. The number of ketones is 1. The number of fused-ring (bicyclic) bond motifs is 5. The van der Waals surface area contributed by atoms with Gasteiger partial charge in [-0.05, 0) is 74.7 Å². The molecule has 0 aromatic rings. The second kappa shape index (κ2) is 5.31. The topological polar surface area (TPSA) is 37.3 Å². The van der Waals surface area contributed by atoms with Gasteiger partial charge in [0.05, 0.1) is 5.60 Å². The van der Waals surface area contributed by atoms with E-state index in [0.717, 1.165) is 44.4 Å². The number of carbonyl (C=O) groups is 1. The summed E-state index contributed by atoms with van der Waals surface area (Å²) in [6, 6.07) is 0. The summed E-state index contributed by atoms with van der Waals surface area (Å²) in [7, 11) is 0. The Bertz CT molecular complexity index is 574. The molecule has 23 heavy (non-hydrogen) atoms. The summed E-state index contributed by atoms with van der Waals surface area (Å²) < 4.78 is 0. The Hall–Kier alpha value is -0.890. The molecule has 0 aliphatic heterocycles. The average molecular weight is 314 g/mol. The first-order chi connectivity index (χ1) is 11.0. The molecule has 126 valence electrons. The standard InChI is InChI=1S/C21H30O2/c1-3-20-11-9-17-16-8-6-15(22)13-14(16)5-7-18(17)19(20)10-12-21(20,23)4-2/h10,12-13,16-19,23H,3-9,11H2,1-2H3/t16-,17+,18+,19-,20-,21-/m0/s1. The summed E-state index contributed by atoms with van der Waals surface area (Å²) in [5.41, 5.74) is 0.907. The van der Waals surface area contributed by atoms with Crippen LogP contribution in [0.5, 0.6) is 0 Å². The van der Waals surface area contributed by atoms with E-state index in [2.05, 4.69) is 26.0 Å². The van der Waals surface area contributed by atoms with Crippen molar-refractivity contribution in [3.8, 4) is 0 Å². The summed E-state index contributed by atoms with van der Waals surface area (Å²) in [6.07, 6.45) is 14.9. The Morgan fingerprint density at radius 1 is 1.13 bits per heavy atom. The summed E-state index contributed by atoms with van der Waals surface area (Å²) in [6.45, 7) is 4.40. The summed E-state index contributed by atoms with van der Waals surface area (Å²) in [5, 5.41) is 11.3. The maximum atomic E-state index is 11.8.